The van der Waals surface area contributed by atoms with E-state index in [9.17, 15) is 9.59 Å². The topological polar surface area (TPSA) is 49.9 Å². The first-order chi connectivity index (χ1) is 12.5. The number of aryl methyl sites for hydroxylation is 1. The van der Waals surface area contributed by atoms with Crippen molar-refractivity contribution in [3.63, 3.8) is 0 Å². The summed E-state index contributed by atoms with van der Waals surface area (Å²) in [6, 6.07) is 13.3. The minimum absolute atomic E-state index is 0.0197. The summed E-state index contributed by atoms with van der Waals surface area (Å²) in [5.41, 5.74) is 2.98. The van der Waals surface area contributed by atoms with Crippen LogP contribution in [-0.4, -0.2) is 44.0 Å². The predicted octanol–water partition coefficient (Wildman–Crippen LogP) is 2.76. The van der Waals surface area contributed by atoms with Crippen molar-refractivity contribution in [1.82, 2.24) is 4.90 Å². The molecule has 1 atom stereocenters. The highest BCUT2D eigenvalue weighted by atomic mass is 16.5. The molecule has 4 rings (SSSR count). The molecule has 2 aliphatic heterocycles. The molecule has 5 nitrogen and oxygen atoms in total. The number of carbonyl (C=O) groups is 2. The second-order valence-electron chi connectivity index (χ2n) is 7.17. The van der Waals surface area contributed by atoms with E-state index in [1.54, 1.807) is 24.0 Å². The first-order valence-corrected chi connectivity index (χ1v) is 8.79. The molecular weight excluding hydrogens is 328 g/mol. The average Bonchev–Trinajstić information content (AvgIpc) is 3.19. The number of likely N-dealkylation sites (N-methyl/N-ethyl adjacent to an activating group) is 1. The van der Waals surface area contributed by atoms with Gasteiger partial charge < -0.3 is 14.5 Å². The molecule has 0 saturated carbocycles. The molecule has 26 heavy (non-hydrogen) atoms. The van der Waals surface area contributed by atoms with Crippen LogP contribution < -0.4 is 9.64 Å². The second kappa shape index (κ2) is 5.87. The number of likely N-dealkylation sites (tertiary alicyclic amines) is 1. The molecule has 0 aliphatic carbocycles. The lowest BCUT2D eigenvalue weighted by atomic mass is 9.81. The standard InChI is InChI=1S/C21H22N2O3/c1-14-4-6-15(7-5-14)19(24)23-11-10-21(13-23)17-12-16(26-3)8-9-18(17)22(2)20(21)25/h4-9,12H,10-11,13H2,1-3H3/t21-/m0/s1. The van der Waals surface area contributed by atoms with Gasteiger partial charge >= 0.3 is 0 Å². The summed E-state index contributed by atoms with van der Waals surface area (Å²) >= 11 is 0. The number of rotatable bonds is 2. The van der Waals surface area contributed by atoms with Crippen molar-refractivity contribution in [2.24, 2.45) is 0 Å². The monoisotopic (exact) mass is 350 g/mol. The zero-order valence-corrected chi connectivity index (χ0v) is 15.3. The van der Waals surface area contributed by atoms with Crippen LogP contribution in [0.25, 0.3) is 0 Å². The Morgan fingerprint density at radius 3 is 2.58 bits per heavy atom. The van der Waals surface area contributed by atoms with Gasteiger partial charge in [-0.05, 0) is 49.2 Å². The Hall–Kier alpha value is -2.82. The van der Waals surface area contributed by atoms with E-state index in [1.807, 2.05) is 49.4 Å². The zero-order valence-electron chi connectivity index (χ0n) is 15.3. The Morgan fingerprint density at radius 2 is 1.88 bits per heavy atom. The highest BCUT2D eigenvalue weighted by molar-refractivity contribution is 6.09. The highest BCUT2D eigenvalue weighted by Crippen LogP contribution is 2.48. The maximum Gasteiger partial charge on any atom is 0.253 e. The largest absolute Gasteiger partial charge is 0.497 e. The van der Waals surface area contributed by atoms with Crippen molar-refractivity contribution >= 4 is 17.5 Å². The van der Waals surface area contributed by atoms with Crippen LogP contribution in [0.3, 0.4) is 0 Å². The van der Waals surface area contributed by atoms with Gasteiger partial charge in [-0.2, -0.15) is 0 Å². The minimum atomic E-state index is -0.668. The fraction of sp³-hybridized carbons (Fsp3) is 0.333. The second-order valence-corrected chi connectivity index (χ2v) is 7.17. The summed E-state index contributed by atoms with van der Waals surface area (Å²) in [6.07, 6.45) is 0.633. The van der Waals surface area contributed by atoms with Gasteiger partial charge in [-0.1, -0.05) is 17.7 Å². The third-order valence-electron chi connectivity index (χ3n) is 5.65. The van der Waals surface area contributed by atoms with Crippen LogP contribution in [0.2, 0.25) is 0 Å². The van der Waals surface area contributed by atoms with E-state index in [0.29, 0.717) is 25.1 Å². The number of hydrogen-bond acceptors (Lipinski definition) is 3. The number of fused-ring (bicyclic) bond motifs is 2. The molecule has 1 fully saturated rings. The lowest BCUT2D eigenvalue weighted by Crippen LogP contribution is -2.42. The number of hydrogen-bond donors (Lipinski definition) is 0. The van der Waals surface area contributed by atoms with Gasteiger partial charge in [0.05, 0.1) is 12.5 Å². The van der Waals surface area contributed by atoms with E-state index in [2.05, 4.69) is 0 Å². The van der Waals surface area contributed by atoms with E-state index in [-0.39, 0.29) is 11.8 Å². The van der Waals surface area contributed by atoms with E-state index in [0.717, 1.165) is 22.6 Å². The molecule has 2 heterocycles. The molecule has 1 saturated heterocycles. The average molecular weight is 350 g/mol. The van der Waals surface area contributed by atoms with Crippen LogP contribution in [0.15, 0.2) is 42.5 Å². The first kappa shape index (κ1) is 16.6. The Kier molecular flexibility index (Phi) is 3.75. The van der Waals surface area contributed by atoms with Crippen molar-refractivity contribution in [2.45, 2.75) is 18.8 Å². The Morgan fingerprint density at radius 1 is 1.15 bits per heavy atom. The van der Waals surface area contributed by atoms with E-state index in [1.165, 1.54) is 0 Å². The summed E-state index contributed by atoms with van der Waals surface area (Å²) in [5, 5.41) is 0. The number of carbonyl (C=O) groups excluding carboxylic acids is 2. The van der Waals surface area contributed by atoms with Crippen LogP contribution >= 0.6 is 0 Å². The molecule has 0 radical (unpaired) electrons. The molecule has 0 N–H and O–H groups in total. The van der Waals surface area contributed by atoms with Gasteiger partial charge in [-0.15, -0.1) is 0 Å². The smallest absolute Gasteiger partial charge is 0.253 e. The Bertz CT molecular complexity index is 891. The summed E-state index contributed by atoms with van der Waals surface area (Å²) < 4.78 is 5.36. The zero-order chi connectivity index (χ0) is 18.5. The fourth-order valence-electron chi connectivity index (χ4n) is 4.12. The maximum atomic E-state index is 13.1. The summed E-state index contributed by atoms with van der Waals surface area (Å²) in [6.45, 7) is 2.97. The number of amides is 2. The number of benzene rings is 2. The number of anilines is 1. The van der Waals surface area contributed by atoms with Crippen LogP contribution in [0, 0.1) is 6.92 Å². The Labute approximate surface area is 153 Å². The molecule has 2 aromatic carbocycles. The van der Waals surface area contributed by atoms with E-state index >= 15 is 0 Å². The normalized spacial score (nSPS) is 21.4. The molecule has 134 valence electrons. The van der Waals surface area contributed by atoms with Crippen LogP contribution in [-0.2, 0) is 10.2 Å². The van der Waals surface area contributed by atoms with Gasteiger partial charge in [0, 0.05) is 31.4 Å². The Balaban J connectivity index is 1.68. The van der Waals surface area contributed by atoms with Crippen molar-refractivity contribution in [2.75, 3.05) is 32.1 Å². The molecule has 2 aliphatic rings. The van der Waals surface area contributed by atoms with Crippen LogP contribution in [0.4, 0.5) is 5.69 Å². The third-order valence-corrected chi connectivity index (χ3v) is 5.65. The summed E-state index contributed by atoms with van der Waals surface area (Å²) in [5.74, 6) is 0.767. The highest BCUT2D eigenvalue weighted by Gasteiger charge is 2.54. The molecule has 0 unspecified atom stereocenters. The molecular formula is C21H22N2O3. The number of methoxy groups -OCH3 is 1. The molecule has 0 aromatic heterocycles. The molecule has 2 aromatic rings. The summed E-state index contributed by atoms with van der Waals surface area (Å²) in [7, 11) is 3.42. The lowest BCUT2D eigenvalue weighted by molar-refractivity contribution is -0.122. The van der Waals surface area contributed by atoms with Crippen molar-refractivity contribution in [3.05, 3.63) is 59.2 Å². The van der Waals surface area contributed by atoms with Crippen molar-refractivity contribution in [1.29, 1.82) is 0 Å². The van der Waals surface area contributed by atoms with Crippen molar-refractivity contribution in [3.8, 4) is 5.75 Å². The maximum absolute atomic E-state index is 13.1. The van der Waals surface area contributed by atoms with Gasteiger partial charge in [0.2, 0.25) is 5.91 Å². The fourth-order valence-corrected chi connectivity index (χ4v) is 4.12. The van der Waals surface area contributed by atoms with Gasteiger partial charge in [0.25, 0.3) is 5.91 Å². The van der Waals surface area contributed by atoms with Gasteiger partial charge in [0.1, 0.15) is 5.75 Å². The molecule has 2 amide bonds. The van der Waals surface area contributed by atoms with E-state index < -0.39 is 5.41 Å². The van der Waals surface area contributed by atoms with Gasteiger partial charge in [-0.25, -0.2) is 0 Å². The van der Waals surface area contributed by atoms with Crippen LogP contribution in [0.5, 0.6) is 5.75 Å². The number of nitrogens with zero attached hydrogens (tertiary/aromatic N) is 2. The molecule has 5 heteroatoms. The van der Waals surface area contributed by atoms with Gasteiger partial charge in [0.15, 0.2) is 0 Å². The molecule has 0 bridgehead atoms. The quantitative estimate of drug-likeness (QED) is 0.837. The molecule has 1 spiro atoms. The van der Waals surface area contributed by atoms with Crippen LogP contribution in [0.1, 0.15) is 27.9 Å². The van der Waals surface area contributed by atoms with E-state index in [4.69, 9.17) is 4.74 Å². The minimum Gasteiger partial charge on any atom is -0.497 e. The SMILES string of the molecule is COc1ccc2c(c1)[C@@]1(CCN(C(=O)c3ccc(C)cc3)C1)C(=O)N2C. The lowest BCUT2D eigenvalue weighted by Gasteiger charge is -2.23. The predicted molar refractivity (Wildman–Crippen MR) is 99.8 cm³/mol. The number of ether oxygens (including phenoxy) is 1. The van der Waals surface area contributed by atoms with Crippen molar-refractivity contribution < 1.29 is 14.3 Å². The first-order valence-electron chi connectivity index (χ1n) is 8.79. The summed E-state index contributed by atoms with van der Waals surface area (Å²) in [4.78, 5) is 29.5. The van der Waals surface area contributed by atoms with Gasteiger partial charge in [-0.3, -0.25) is 9.59 Å². The third kappa shape index (κ3) is 2.30.